The lowest BCUT2D eigenvalue weighted by atomic mass is 9.82. The largest absolute Gasteiger partial charge is 0.269 e. The van der Waals surface area contributed by atoms with Crippen molar-refractivity contribution in [2.45, 2.75) is 32.6 Å². The highest BCUT2D eigenvalue weighted by molar-refractivity contribution is 5.45. The quantitative estimate of drug-likeness (QED) is 0.609. The molecule has 0 fully saturated rings. The van der Waals surface area contributed by atoms with Crippen molar-refractivity contribution in [3.05, 3.63) is 75.3 Å². The van der Waals surface area contributed by atoms with E-state index < -0.39 is 0 Å². The van der Waals surface area contributed by atoms with Gasteiger partial charge in [0.2, 0.25) is 0 Å². The minimum absolute atomic E-state index is 0.0285. The highest BCUT2D eigenvalue weighted by Crippen LogP contribution is 2.30. The highest BCUT2D eigenvalue weighted by atomic mass is 16.6. The van der Waals surface area contributed by atoms with E-state index >= 15 is 0 Å². The Morgan fingerprint density at radius 2 is 1.70 bits per heavy atom. The molecule has 0 unspecified atom stereocenters. The Morgan fingerprint density at radius 1 is 1.05 bits per heavy atom. The maximum Gasteiger partial charge on any atom is 0.269 e. The Bertz CT molecular complexity index is 613. The van der Waals surface area contributed by atoms with Gasteiger partial charge in [0.1, 0.15) is 0 Å². The molecule has 0 saturated carbocycles. The molecule has 0 amide bonds. The van der Waals surface area contributed by atoms with Crippen molar-refractivity contribution in [1.82, 2.24) is 0 Å². The normalized spacial score (nSPS) is 11.3. The third-order valence-electron chi connectivity index (χ3n) is 3.35. The second kappa shape index (κ2) is 5.45. The van der Waals surface area contributed by atoms with Crippen molar-refractivity contribution in [3.63, 3.8) is 0 Å². The van der Waals surface area contributed by atoms with Gasteiger partial charge >= 0.3 is 0 Å². The fourth-order valence-electron chi connectivity index (χ4n) is 2.39. The number of non-ortho nitro benzene ring substituents is 1. The first-order valence-electron chi connectivity index (χ1n) is 6.69. The molecule has 2 rings (SSSR count). The number of nitro benzene ring substituents is 1. The minimum Gasteiger partial charge on any atom is -0.258 e. The number of nitro groups is 1. The van der Waals surface area contributed by atoms with E-state index in [0.29, 0.717) is 0 Å². The van der Waals surface area contributed by atoms with Crippen LogP contribution in [0.5, 0.6) is 0 Å². The molecule has 2 aromatic carbocycles. The summed E-state index contributed by atoms with van der Waals surface area (Å²) in [5.74, 6) is 0. The van der Waals surface area contributed by atoms with Crippen LogP contribution in [0.3, 0.4) is 0 Å². The number of benzene rings is 2. The van der Waals surface area contributed by atoms with Crippen molar-refractivity contribution in [2.75, 3.05) is 0 Å². The van der Waals surface area contributed by atoms with E-state index in [1.807, 2.05) is 36.4 Å². The zero-order chi connectivity index (χ0) is 14.8. The van der Waals surface area contributed by atoms with E-state index in [2.05, 4.69) is 20.8 Å². The predicted octanol–water partition coefficient (Wildman–Crippen LogP) is 4.48. The summed E-state index contributed by atoms with van der Waals surface area (Å²) in [4.78, 5) is 10.6. The molecule has 2 aromatic rings. The van der Waals surface area contributed by atoms with Crippen LogP contribution in [0.25, 0.3) is 0 Å². The Kier molecular flexibility index (Phi) is 3.89. The minimum atomic E-state index is -0.332. The summed E-state index contributed by atoms with van der Waals surface area (Å²) in [6.07, 6.45) is 0.717. The first kappa shape index (κ1) is 14.3. The van der Waals surface area contributed by atoms with Crippen LogP contribution in [0.4, 0.5) is 5.69 Å². The summed E-state index contributed by atoms with van der Waals surface area (Å²) in [6.45, 7) is 6.38. The molecule has 3 heteroatoms. The zero-order valence-electron chi connectivity index (χ0n) is 12.1. The van der Waals surface area contributed by atoms with Gasteiger partial charge in [0.05, 0.1) is 4.92 Å². The summed E-state index contributed by atoms with van der Waals surface area (Å²) in [7, 11) is 0. The fourth-order valence-corrected chi connectivity index (χ4v) is 2.39. The summed E-state index contributed by atoms with van der Waals surface area (Å²) in [6, 6.07) is 15.2. The average Bonchev–Trinajstić information content (AvgIpc) is 2.38. The van der Waals surface area contributed by atoms with Crippen molar-refractivity contribution in [2.24, 2.45) is 0 Å². The lowest BCUT2D eigenvalue weighted by molar-refractivity contribution is -0.384. The van der Waals surface area contributed by atoms with Crippen LogP contribution < -0.4 is 0 Å². The molecule has 0 aliphatic rings. The first-order valence-corrected chi connectivity index (χ1v) is 6.69. The second-order valence-corrected chi connectivity index (χ2v) is 6.01. The lowest BCUT2D eigenvalue weighted by Gasteiger charge is -2.23. The van der Waals surface area contributed by atoms with Gasteiger partial charge in [-0.05, 0) is 28.5 Å². The van der Waals surface area contributed by atoms with Crippen molar-refractivity contribution < 1.29 is 4.92 Å². The molecule has 0 bridgehead atoms. The standard InChI is InChI=1S/C17H19NO2/c1-17(2,3)16-10-9-15(18(19)20)12-14(16)11-13-7-5-4-6-8-13/h4-10,12H,11H2,1-3H3. The molecule has 0 atom stereocenters. The topological polar surface area (TPSA) is 43.1 Å². The van der Waals surface area contributed by atoms with Gasteiger partial charge in [-0.2, -0.15) is 0 Å². The van der Waals surface area contributed by atoms with Gasteiger partial charge in [0.25, 0.3) is 5.69 Å². The van der Waals surface area contributed by atoms with Gasteiger partial charge in [-0.25, -0.2) is 0 Å². The smallest absolute Gasteiger partial charge is 0.258 e. The van der Waals surface area contributed by atoms with E-state index in [-0.39, 0.29) is 16.0 Å². The zero-order valence-corrected chi connectivity index (χ0v) is 12.1. The van der Waals surface area contributed by atoms with E-state index in [9.17, 15) is 10.1 Å². The maximum atomic E-state index is 11.0. The molecule has 0 aliphatic heterocycles. The summed E-state index contributed by atoms with van der Waals surface area (Å²) < 4.78 is 0. The summed E-state index contributed by atoms with van der Waals surface area (Å²) in [5, 5.41) is 11.0. The predicted molar refractivity (Wildman–Crippen MR) is 81.0 cm³/mol. The van der Waals surface area contributed by atoms with Crippen molar-refractivity contribution in [3.8, 4) is 0 Å². The average molecular weight is 269 g/mol. The molecular formula is C17H19NO2. The number of hydrogen-bond donors (Lipinski definition) is 0. The van der Waals surface area contributed by atoms with Crippen LogP contribution in [0, 0.1) is 10.1 Å². The Morgan fingerprint density at radius 3 is 2.25 bits per heavy atom. The molecule has 0 heterocycles. The maximum absolute atomic E-state index is 11.0. The van der Waals surface area contributed by atoms with Gasteiger partial charge < -0.3 is 0 Å². The second-order valence-electron chi connectivity index (χ2n) is 6.01. The van der Waals surface area contributed by atoms with Gasteiger partial charge in [-0.15, -0.1) is 0 Å². The van der Waals surface area contributed by atoms with Gasteiger partial charge in [0.15, 0.2) is 0 Å². The number of hydrogen-bond acceptors (Lipinski definition) is 2. The SMILES string of the molecule is CC(C)(C)c1ccc([N+](=O)[O-])cc1Cc1ccccc1. The van der Waals surface area contributed by atoms with Crippen LogP contribution in [0.2, 0.25) is 0 Å². The Balaban J connectivity index is 2.47. The molecule has 20 heavy (non-hydrogen) atoms. The van der Waals surface area contributed by atoms with E-state index in [4.69, 9.17) is 0 Å². The Labute approximate surface area is 119 Å². The van der Waals surface area contributed by atoms with Crippen molar-refractivity contribution >= 4 is 5.69 Å². The molecule has 0 spiro atoms. The van der Waals surface area contributed by atoms with Crippen LogP contribution in [0.1, 0.15) is 37.5 Å². The van der Waals surface area contributed by atoms with Crippen LogP contribution in [0.15, 0.2) is 48.5 Å². The summed E-state index contributed by atoms with van der Waals surface area (Å²) in [5.41, 5.74) is 3.48. The van der Waals surface area contributed by atoms with Gasteiger partial charge in [0, 0.05) is 12.1 Å². The van der Waals surface area contributed by atoms with Crippen LogP contribution in [-0.2, 0) is 11.8 Å². The molecule has 0 aromatic heterocycles. The van der Waals surface area contributed by atoms with E-state index in [1.54, 1.807) is 12.1 Å². The van der Waals surface area contributed by atoms with Gasteiger partial charge in [-0.1, -0.05) is 57.2 Å². The molecule has 0 saturated heterocycles. The van der Waals surface area contributed by atoms with Crippen LogP contribution in [-0.4, -0.2) is 4.92 Å². The van der Waals surface area contributed by atoms with Crippen LogP contribution >= 0.6 is 0 Å². The number of rotatable bonds is 3. The highest BCUT2D eigenvalue weighted by Gasteiger charge is 2.20. The molecule has 3 nitrogen and oxygen atoms in total. The third kappa shape index (κ3) is 3.23. The van der Waals surface area contributed by atoms with E-state index in [1.165, 1.54) is 5.56 Å². The summed E-state index contributed by atoms with van der Waals surface area (Å²) >= 11 is 0. The Hall–Kier alpha value is -2.16. The van der Waals surface area contributed by atoms with E-state index in [0.717, 1.165) is 17.5 Å². The third-order valence-corrected chi connectivity index (χ3v) is 3.35. The molecule has 0 radical (unpaired) electrons. The molecule has 104 valence electrons. The fraction of sp³-hybridized carbons (Fsp3) is 0.294. The van der Waals surface area contributed by atoms with Gasteiger partial charge in [-0.3, -0.25) is 10.1 Å². The molecular weight excluding hydrogens is 250 g/mol. The van der Waals surface area contributed by atoms with Crippen molar-refractivity contribution in [1.29, 1.82) is 0 Å². The monoisotopic (exact) mass is 269 g/mol. The molecule has 0 N–H and O–H groups in total. The first-order chi connectivity index (χ1) is 9.38. The number of nitrogens with zero attached hydrogens (tertiary/aromatic N) is 1. The molecule has 0 aliphatic carbocycles. The lowest BCUT2D eigenvalue weighted by Crippen LogP contribution is -2.14.